The molecule has 8 unspecified atom stereocenters. The molecule has 1 aromatic heterocycles. The van der Waals surface area contributed by atoms with Gasteiger partial charge in [-0.2, -0.15) is 0 Å². The quantitative estimate of drug-likeness (QED) is 0.351. The number of benzene rings is 1. The predicted molar refractivity (Wildman–Crippen MR) is 164 cm³/mol. The summed E-state index contributed by atoms with van der Waals surface area (Å²) < 4.78 is 28.4. The summed E-state index contributed by atoms with van der Waals surface area (Å²) in [5, 5.41) is 6.36. The Hall–Kier alpha value is -3.18. The summed E-state index contributed by atoms with van der Waals surface area (Å²) in [6.45, 7) is 4.99. The van der Waals surface area contributed by atoms with Crippen molar-refractivity contribution in [2.24, 2.45) is 5.92 Å². The van der Waals surface area contributed by atoms with E-state index < -0.39 is 30.1 Å². The predicted octanol–water partition coefficient (Wildman–Crippen LogP) is 3.30. The van der Waals surface area contributed by atoms with Gasteiger partial charge in [0.2, 0.25) is 0 Å². The normalized spacial score (nSPS) is 33.6. The first kappa shape index (κ1) is 29.5. The molecule has 4 fully saturated rings. The van der Waals surface area contributed by atoms with E-state index >= 15 is 4.39 Å². The van der Waals surface area contributed by atoms with Crippen LogP contribution in [0.3, 0.4) is 0 Å². The van der Waals surface area contributed by atoms with Crippen LogP contribution in [0.2, 0.25) is 0 Å². The summed E-state index contributed by atoms with van der Waals surface area (Å²) in [7, 11) is 0. The number of ketones is 1. The minimum absolute atomic E-state index is 0.00679. The molecular formula is C34H42FN5O4. The number of ether oxygens (including phenoxy) is 2. The molecule has 9 nitrogen and oxygen atoms in total. The number of anilines is 1. The molecular weight excluding hydrogens is 561 g/mol. The molecule has 1 amide bonds. The van der Waals surface area contributed by atoms with Crippen LogP contribution in [0.15, 0.2) is 66.6 Å². The van der Waals surface area contributed by atoms with Gasteiger partial charge in [0.1, 0.15) is 6.17 Å². The number of halogens is 1. The monoisotopic (exact) mass is 603 g/mol. The lowest BCUT2D eigenvalue weighted by atomic mass is 9.68. The number of morpholine rings is 2. The number of hydrogen-bond acceptors (Lipinski definition) is 8. The lowest BCUT2D eigenvalue weighted by Crippen LogP contribution is -2.73. The van der Waals surface area contributed by atoms with Gasteiger partial charge in [-0.15, -0.1) is 0 Å². The van der Waals surface area contributed by atoms with Gasteiger partial charge in [0.15, 0.2) is 5.78 Å². The van der Waals surface area contributed by atoms with Gasteiger partial charge in [-0.25, -0.2) is 4.39 Å². The SMILES string of the molecule is O=C(Nc1ccncc1)C1=CN2C3CC(c4ccccc4)CCC3OC3C(NCCCN4CCOCC4)C(F)CC(C1=O)C32. The van der Waals surface area contributed by atoms with Crippen molar-refractivity contribution in [2.45, 2.75) is 74.5 Å². The molecule has 2 saturated heterocycles. The van der Waals surface area contributed by atoms with Gasteiger partial charge in [0, 0.05) is 43.3 Å². The van der Waals surface area contributed by atoms with Gasteiger partial charge < -0.3 is 25.0 Å². The molecule has 2 aromatic rings. The number of Topliss-reactive ketones (excluding diaryl/α,β-unsaturated/α-hetero) is 1. The molecule has 3 aliphatic heterocycles. The highest BCUT2D eigenvalue weighted by Crippen LogP contribution is 2.48. The number of nitrogens with one attached hydrogen (secondary N) is 2. The molecule has 5 aliphatic rings. The van der Waals surface area contributed by atoms with E-state index in [4.69, 9.17) is 9.47 Å². The first-order valence-corrected chi connectivity index (χ1v) is 16.2. The van der Waals surface area contributed by atoms with Crippen molar-refractivity contribution >= 4 is 17.4 Å². The maximum atomic E-state index is 16.1. The van der Waals surface area contributed by atoms with Crippen LogP contribution in [-0.4, -0.2) is 102 Å². The van der Waals surface area contributed by atoms with Gasteiger partial charge >= 0.3 is 0 Å². The first-order chi connectivity index (χ1) is 21.6. The van der Waals surface area contributed by atoms with Crippen molar-refractivity contribution < 1.29 is 23.5 Å². The fourth-order valence-electron chi connectivity index (χ4n) is 8.06. The van der Waals surface area contributed by atoms with Crippen LogP contribution >= 0.6 is 0 Å². The minimum atomic E-state index is -1.25. The Morgan fingerprint density at radius 3 is 2.64 bits per heavy atom. The Morgan fingerprint density at radius 1 is 1.05 bits per heavy atom. The van der Waals surface area contributed by atoms with Crippen LogP contribution in [0.4, 0.5) is 10.1 Å². The maximum absolute atomic E-state index is 16.1. The van der Waals surface area contributed by atoms with Crippen LogP contribution in [-0.2, 0) is 19.1 Å². The Labute approximate surface area is 258 Å². The van der Waals surface area contributed by atoms with Crippen molar-refractivity contribution in [1.29, 1.82) is 0 Å². The van der Waals surface area contributed by atoms with Crippen LogP contribution in [0.5, 0.6) is 0 Å². The zero-order valence-electron chi connectivity index (χ0n) is 25.0. The van der Waals surface area contributed by atoms with E-state index in [9.17, 15) is 9.59 Å². The Balaban J connectivity index is 1.14. The van der Waals surface area contributed by atoms with Gasteiger partial charge in [-0.3, -0.25) is 19.5 Å². The molecule has 2 N–H and O–H groups in total. The number of alkyl halides is 1. The van der Waals surface area contributed by atoms with Crippen molar-refractivity contribution in [3.05, 3.63) is 72.2 Å². The molecule has 44 heavy (non-hydrogen) atoms. The molecule has 2 aliphatic carbocycles. The number of aromatic nitrogens is 1. The van der Waals surface area contributed by atoms with E-state index in [1.807, 2.05) is 6.07 Å². The average Bonchev–Trinajstić information content (AvgIpc) is 3.06. The summed E-state index contributed by atoms with van der Waals surface area (Å²) in [6, 6.07) is 13.1. The molecule has 0 bridgehead atoms. The second-order valence-corrected chi connectivity index (χ2v) is 12.8. The van der Waals surface area contributed by atoms with Crippen LogP contribution in [0, 0.1) is 5.92 Å². The van der Waals surface area contributed by atoms with Gasteiger partial charge in [-0.05, 0) is 68.8 Å². The maximum Gasteiger partial charge on any atom is 0.260 e. The number of pyridine rings is 1. The van der Waals surface area contributed by atoms with Crippen LogP contribution in [0.25, 0.3) is 0 Å². The fourth-order valence-corrected chi connectivity index (χ4v) is 8.06. The number of nitrogens with zero attached hydrogens (tertiary/aromatic N) is 3. The van der Waals surface area contributed by atoms with E-state index in [2.05, 4.69) is 49.7 Å². The average molecular weight is 604 g/mol. The van der Waals surface area contributed by atoms with E-state index in [1.165, 1.54) is 5.56 Å². The smallest absolute Gasteiger partial charge is 0.260 e. The molecule has 10 heteroatoms. The Morgan fingerprint density at radius 2 is 1.84 bits per heavy atom. The molecule has 1 aromatic carbocycles. The van der Waals surface area contributed by atoms with Gasteiger partial charge in [0.05, 0.1) is 49.1 Å². The van der Waals surface area contributed by atoms with Gasteiger partial charge in [0.25, 0.3) is 5.91 Å². The van der Waals surface area contributed by atoms with E-state index in [0.717, 1.165) is 58.5 Å². The first-order valence-electron chi connectivity index (χ1n) is 16.2. The number of amides is 1. The highest BCUT2D eigenvalue weighted by Gasteiger charge is 2.58. The summed E-state index contributed by atoms with van der Waals surface area (Å²) in [4.78, 5) is 36.1. The van der Waals surface area contributed by atoms with Crippen LogP contribution < -0.4 is 10.6 Å². The number of carbonyl (C=O) groups is 2. The van der Waals surface area contributed by atoms with E-state index in [1.54, 1.807) is 30.7 Å². The summed E-state index contributed by atoms with van der Waals surface area (Å²) in [5.41, 5.74) is 1.95. The molecule has 8 atom stereocenters. The number of fused-ring (bicyclic) bond motifs is 2. The third kappa shape index (κ3) is 5.92. The molecule has 7 rings (SSSR count). The third-order valence-corrected chi connectivity index (χ3v) is 10.3. The van der Waals surface area contributed by atoms with E-state index in [0.29, 0.717) is 18.2 Å². The van der Waals surface area contributed by atoms with Gasteiger partial charge in [-0.1, -0.05) is 30.3 Å². The molecule has 0 spiro atoms. The number of hydrogen-bond donors (Lipinski definition) is 2. The molecule has 4 heterocycles. The molecule has 0 radical (unpaired) electrons. The lowest BCUT2D eigenvalue weighted by molar-refractivity contribution is -0.198. The summed E-state index contributed by atoms with van der Waals surface area (Å²) in [5.74, 6) is -1.06. The van der Waals surface area contributed by atoms with Crippen LogP contribution in [0.1, 0.15) is 43.6 Å². The van der Waals surface area contributed by atoms with Crippen molar-refractivity contribution in [2.75, 3.05) is 44.7 Å². The largest absolute Gasteiger partial charge is 0.379 e. The topological polar surface area (TPSA) is 96.0 Å². The highest BCUT2D eigenvalue weighted by atomic mass is 19.1. The lowest BCUT2D eigenvalue weighted by Gasteiger charge is -2.59. The molecule has 2 saturated carbocycles. The summed E-state index contributed by atoms with van der Waals surface area (Å²) in [6.07, 6.45) is 6.76. The van der Waals surface area contributed by atoms with Crippen molar-refractivity contribution in [1.82, 2.24) is 20.1 Å². The van der Waals surface area contributed by atoms with Crippen molar-refractivity contribution in [3.63, 3.8) is 0 Å². The zero-order valence-corrected chi connectivity index (χ0v) is 25.0. The second kappa shape index (κ2) is 13.0. The number of rotatable bonds is 8. The van der Waals surface area contributed by atoms with E-state index in [-0.39, 0.29) is 36.0 Å². The fraction of sp³-hybridized carbons (Fsp3) is 0.559. The number of carbonyl (C=O) groups excluding carboxylic acids is 2. The second-order valence-electron chi connectivity index (χ2n) is 12.8. The molecule has 234 valence electrons. The highest BCUT2D eigenvalue weighted by molar-refractivity contribution is 6.24. The standard InChI is InChI=1S/C34H42FN5O4/c35-27-20-25-31-33(30(27)37-11-4-14-39-15-17-43-18-16-39)44-29-8-7-23(22-5-2-1-3-6-22)19-28(29)40(31)21-26(32(25)41)34(42)38-24-9-12-36-13-10-24/h1-3,5-6,9-10,12-13,21,23,25,27-31,33,37H,4,7-8,11,14-20H2,(H,36,38,42). The third-order valence-electron chi connectivity index (χ3n) is 10.3. The minimum Gasteiger partial charge on any atom is -0.379 e. The Bertz CT molecular complexity index is 1340. The zero-order chi connectivity index (χ0) is 30.0. The van der Waals surface area contributed by atoms with Crippen molar-refractivity contribution in [3.8, 4) is 0 Å². The Kier molecular flexibility index (Phi) is 8.76. The summed E-state index contributed by atoms with van der Waals surface area (Å²) >= 11 is 0.